The molecule has 0 aliphatic rings. The number of hydrogen-bond acceptors (Lipinski definition) is 7. The molecule has 0 saturated heterocycles. The first kappa shape index (κ1) is 18.9. The first-order chi connectivity index (χ1) is 9.96. The minimum absolute atomic E-state index is 0.0218. The van der Waals surface area contributed by atoms with Crippen LogP contribution in [0.15, 0.2) is 11.8 Å². The minimum Gasteiger partial charge on any atom is -0.486 e. The zero-order chi connectivity index (χ0) is 16.3. The zero-order valence-corrected chi connectivity index (χ0v) is 12.8. The van der Waals surface area contributed by atoms with Crippen LogP contribution >= 0.6 is 0 Å². The van der Waals surface area contributed by atoms with E-state index in [9.17, 15) is 14.4 Å². The fraction of sp³-hybridized carbons (Fsp3) is 0.643. The lowest BCUT2D eigenvalue weighted by atomic mass is 10.2. The SMILES string of the molecule is CCOC(=O)C/C(=C/OC(C)C(=O)OCC)C(=O)OCC. The van der Waals surface area contributed by atoms with Crippen LogP contribution in [0, 0.1) is 0 Å². The summed E-state index contributed by atoms with van der Waals surface area (Å²) in [5.74, 6) is -1.83. The van der Waals surface area contributed by atoms with Crippen LogP contribution < -0.4 is 0 Å². The highest BCUT2D eigenvalue weighted by Gasteiger charge is 2.19. The fourth-order valence-corrected chi connectivity index (χ4v) is 1.25. The Kier molecular flexibility index (Phi) is 9.66. The van der Waals surface area contributed by atoms with Crippen LogP contribution in [0.5, 0.6) is 0 Å². The molecule has 0 saturated carbocycles. The molecule has 0 spiro atoms. The Labute approximate surface area is 124 Å². The van der Waals surface area contributed by atoms with E-state index in [1.165, 1.54) is 6.92 Å². The van der Waals surface area contributed by atoms with Gasteiger partial charge >= 0.3 is 17.9 Å². The fourth-order valence-electron chi connectivity index (χ4n) is 1.25. The minimum atomic E-state index is -0.892. The molecular weight excluding hydrogens is 280 g/mol. The highest BCUT2D eigenvalue weighted by molar-refractivity contribution is 5.93. The van der Waals surface area contributed by atoms with Crippen LogP contribution in [0.25, 0.3) is 0 Å². The topological polar surface area (TPSA) is 88.1 Å². The molecule has 0 aromatic rings. The van der Waals surface area contributed by atoms with Crippen molar-refractivity contribution in [1.82, 2.24) is 0 Å². The Morgan fingerprint density at radius 3 is 2.05 bits per heavy atom. The third kappa shape index (κ3) is 7.96. The van der Waals surface area contributed by atoms with Crippen molar-refractivity contribution < 1.29 is 33.3 Å². The molecule has 0 bridgehead atoms. The molecule has 120 valence electrons. The van der Waals surface area contributed by atoms with Gasteiger partial charge in [0.2, 0.25) is 0 Å². The summed E-state index contributed by atoms with van der Waals surface area (Å²) in [6.45, 7) is 7.03. The molecule has 0 aliphatic heterocycles. The maximum absolute atomic E-state index is 11.7. The summed E-state index contributed by atoms with van der Waals surface area (Å²) in [7, 11) is 0. The molecule has 1 atom stereocenters. The highest BCUT2D eigenvalue weighted by atomic mass is 16.6. The molecule has 0 amide bonds. The van der Waals surface area contributed by atoms with Crippen molar-refractivity contribution in [2.75, 3.05) is 19.8 Å². The molecular formula is C14H22O7. The summed E-state index contributed by atoms with van der Waals surface area (Å²) >= 11 is 0. The van der Waals surface area contributed by atoms with Gasteiger partial charge in [-0.25, -0.2) is 9.59 Å². The number of hydrogen-bond donors (Lipinski definition) is 0. The van der Waals surface area contributed by atoms with Crippen molar-refractivity contribution in [2.24, 2.45) is 0 Å². The van der Waals surface area contributed by atoms with E-state index in [2.05, 4.69) is 0 Å². The van der Waals surface area contributed by atoms with E-state index >= 15 is 0 Å². The van der Waals surface area contributed by atoms with Gasteiger partial charge in [-0.3, -0.25) is 4.79 Å². The van der Waals surface area contributed by atoms with Gasteiger partial charge in [0, 0.05) is 0 Å². The Morgan fingerprint density at radius 2 is 1.52 bits per heavy atom. The van der Waals surface area contributed by atoms with Crippen molar-refractivity contribution in [1.29, 1.82) is 0 Å². The third-order valence-corrected chi connectivity index (χ3v) is 2.21. The summed E-state index contributed by atoms with van der Waals surface area (Å²) in [6, 6.07) is 0. The molecule has 0 radical (unpaired) electrons. The lowest BCUT2D eigenvalue weighted by molar-refractivity contribution is -0.152. The third-order valence-electron chi connectivity index (χ3n) is 2.21. The van der Waals surface area contributed by atoms with Crippen LogP contribution in [0.4, 0.5) is 0 Å². The second-order valence-electron chi connectivity index (χ2n) is 3.88. The van der Waals surface area contributed by atoms with Gasteiger partial charge in [-0.2, -0.15) is 0 Å². The van der Waals surface area contributed by atoms with E-state index in [0.29, 0.717) is 0 Å². The molecule has 0 fully saturated rings. The number of esters is 3. The Bertz CT molecular complexity index is 387. The Balaban J connectivity index is 4.77. The lowest BCUT2D eigenvalue weighted by Gasteiger charge is -2.12. The maximum atomic E-state index is 11.7. The van der Waals surface area contributed by atoms with Gasteiger partial charge < -0.3 is 18.9 Å². The maximum Gasteiger partial charge on any atom is 0.346 e. The van der Waals surface area contributed by atoms with Crippen LogP contribution in [0.2, 0.25) is 0 Å². The van der Waals surface area contributed by atoms with E-state index in [0.717, 1.165) is 6.26 Å². The van der Waals surface area contributed by atoms with Gasteiger partial charge in [-0.1, -0.05) is 0 Å². The number of ether oxygens (including phenoxy) is 4. The molecule has 0 aliphatic carbocycles. The Hall–Kier alpha value is -2.05. The second kappa shape index (κ2) is 10.7. The van der Waals surface area contributed by atoms with Crippen LogP contribution in [-0.2, 0) is 33.3 Å². The molecule has 1 unspecified atom stereocenters. The van der Waals surface area contributed by atoms with Gasteiger partial charge in [-0.15, -0.1) is 0 Å². The predicted octanol–water partition coefficient (Wildman–Crippen LogP) is 1.35. The average Bonchev–Trinajstić information content (AvgIpc) is 2.43. The molecule has 0 aromatic heterocycles. The van der Waals surface area contributed by atoms with E-state index in [-0.39, 0.29) is 31.8 Å². The van der Waals surface area contributed by atoms with E-state index in [1.807, 2.05) is 0 Å². The summed E-state index contributed by atoms with van der Waals surface area (Å²) in [5, 5.41) is 0. The molecule has 21 heavy (non-hydrogen) atoms. The van der Waals surface area contributed by atoms with Crippen molar-refractivity contribution in [3.8, 4) is 0 Å². The van der Waals surface area contributed by atoms with E-state index in [4.69, 9.17) is 18.9 Å². The quantitative estimate of drug-likeness (QED) is 0.275. The average molecular weight is 302 g/mol. The Morgan fingerprint density at radius 1 is 0.952 bits per heavy atom. The van der Waals surface area contributed by atoms with Gasteiger partial charge in [0.15, 0.2) is 6.10 Å². The van der Waals surface area contributed by atoms with Crippen LogP contribution in [0.1, 0.15) is 34.1 Å². The van der Waals surface area contributed by atoms with E-state index < -0.39 is 24.0 Å². The van der Waals surface area contributed by atoms with Crippen molar-refractivity contribution in [2.45, 2.75) is 40.2 Å². The number of carbonyl (C=O) groups excluding carboxylic acids is 3. The lowest BCUT2D eigenvalue weighted by Crippen LogP contribution is -2.22. The number of rotatable bonds is 9. The molecule has 0 heterocycles. The van der Waals surface area contributed by atoms with Gasteiger partial charge in [0.25, 0.3) is 0 Å². The first-order valence-electron chi connectivity index (χ1n) is 6.80. The van der Waals surface area contributed by atoms with Crippen molar-refractivity contribution in [3.05, 3.63) is 11.8 Å². The largest absolute Gasteiger partial charge is 0.486 e. The van der Waals surface area contributed by atoms with Crippen LogP contribution in [-0.4, -0.2) is 43.8 Å². The summed E-state index contributed by atoms with van der Waals surface area (Å²) < 4.78 is 19.5. The standard InChI is InChI=1S/C14H22O7/c1-5-18-12(15)8-11(14(17)20-7-3)9-21-10(4)13(16)19-6-2/h9-10H,5-8H2,1-4H3/b11-9-. The predicted molar refractivity (Wildman–Crippen MR) is 73.1 cm³/mol. The normalized spacial score (nSPS) is 12.3. The summed E-state index contributed by atoms with van der Waals surface area (Å²) in [4.78, 5) is 34.5. The van der Waals surface area contributed by atoms with E-state index in [1.54, 1.807) is 20.8 Å². The van der Waals surface area contributed by atoms with Crippen LogP contribution in [0.3, 0.4) is 0 Å². The van der Waals surface area contributed by atoms with Gasteiger partial charge in [0.05, 0.1) is 38.1 Å². The van der Waals surface area contributed by atoms with Gasteiger partial charge in [-0.05, 0) is 27.7 Å². The van der Waals surface area contributed by atoms with Crippen molar-refractivity contribution in [3.63, 3.8) is 0 Å². The molecule has 0 N–H and O–H groups in total. The summed E-state index contributed by atoms with van der Waals surface area (Å²) in [6.07, 6.45) is -0.143. The zero-order valence-electron chi connectivity index (χ0n) is 12.8. The molecule has 7 heteroatoms. The first-order valence-corrected chi connectivity index (χ1v) is 6.80. The second-order valence-corrected chi connectivity index (χ2v) is 3.88. The monoisotopic (exact) mass is 302 g/mol. The smallest absolute Gasteiger partial charge is 0.346 e. The summed E-state index contributed by atoms with van der Waals surface area (Å²) in [5.41, 5.74) is -0.0218. The van der Waals surface area contributed by atoms with Gasteiger partial charge in [0.1, 0.15) is 0 Å². The molecule has 0 rings (SSSR count). The molecule has 7 nitrogen and oxygen atoms in total. The highest BCUT2D eigenvalue weighted by Crippen LogP contribution is 2.08. The molecule has 0 aromatic carbocycles. The number of carbonyl (C=O) groups is 3. The van der Waals surface area contributed by atoms with Crippen molar-refractivity contribution >= 4 is 17.9 Å².